The maximum absolute atomic E-state index is 11.5. The molecule has 0 aromatic carbocycles. The monoisotopic (exact) mass is 444 g/mol. The Kier molecular flexibility index (Phi) is 5.01. The van der Waals surface area contributed by atoms with Crippen LogP contribution in [0, 0.1) is 0 Å². The summed E-state index contributed by atoms with van der Waals surface area (Å²) in [5.41, 5.74) is 2.36. The van der Waals surface area contributed by atoms with Crippen molar-refractivity contribution in [3.05, 3.63) is 75.8 Å². The van der Waals surface area contributed by atoms with Crippen molar-refractivity contribution in [1.82, 2.24) is 44.5 Å². The molecule has 0 unspecified atom stereocenters. The molecule has 5 aromatic heterocycles. The van der Waals surface area contributed by atoms with Gasteiger partial charge in [0.15, 0.2) is 0 Å². The van der Waals surface area contributed by atoms with Crippen LogP contribution in [0.25, 0.3) is 28.1 Å². The van der Waals surface area contributed by atoms with E-state index in [1.807, 2.05) is 36.7 Å². The third kappa shape index (κ3) is 4.13. The second kappa shape index (κ2) is 8.15. The molecule has 0 aliphatic heterocycles. The summed E-state index contributed by atoms with van der Waals surface area (Å²) in [5, 5.41) is 12.8. The van der Waals surface area contributed by atoms with Gasteiger partial charge < -0.3 is 10.3 Å². The number of nitrogens with one attached hydrogen (secondary N) is 3. The molecule has 0 saturated heterocycles. The van der Waals surface area contributed by atoms with Gasteiger partial charge in [-0.2, -0.15) is 0 Å². The molecule has 5 aromatic rings. The van der Waals surface area contributed by atoms with Crippen LogP contribution >= 0.6 is 0 Å². The molecule has 0 saturated carbocycles. The van der Waals surface area contributed by atoms with E-state index in [1.165, 1.54) is 12.4 Å². The van der Waals surface area contributed by atoms with Gasteiger partial charge in [-0.3, -0.25) is 14.3 Å². The van der Waals surface area contributed by atoms with Crippen LogP contribution in [0.2, 0.25) is 0 Å². The molecule has 0 fully saturated rings. The van der Waals surface area contributed by atoms with E-state index in [0.29, 0.717) is 17.2 Å². The highest BCUT2D eigenvalue weighted by Gasteiger charge is 2.15. The fourth-order valence-electron chi connectivity index (χ4n) is 3.55. The predicted octanol–water partition coefficient (Wildman–Crippen LogP) is 1.32. The minimum Gasteiger partial charge on any atom is -0.382 e. The van der Waals surface area contributed by atoms with Crippen LogP contribution in [0.1, 0.15) is 19.5 Å². The van der Waals surface area contributed by atoms with Crippen molar-refractivity contribution in [2.75, 3.05) is 5.32 Å². The number of fused-ring (bicyclic) bond motifs is 1. The minimum absolute atomic E-state index is 0.166. The first-order valence-corrected chi connectivity index (χ1v) is 10.2. The average molecular weight is 444 g/mol. The lowest BCUT2D eigenvalue weighted by Gasteiger charge is -2.15. The van der Waals surface area contributed by atoms with E-state index < -0.39 is 11.2 Å². The summed E-state index contributed by atoms with van der Waals surface area (Å²) in [5.74, 6) is 0.698. The molecule has 0 radical (unpaired) electrons. The molecule has 12 nitrogen and oxygen atoms in total. The van der Waals surface area contributed by atoms with Crippen molar-refractivity contribution < 1.29 is 0 Å². The summed E-state index contributed by atoms with van der Waals surface area (Å²) in [7, 11) is 0. The minimum atomic E-state index is -0.566. The lowest BCUT2D eigenvalue weighted by Crippen LogP contribution is -2.23. The van der Waals surface area contributed by atoms with Crippen LogP contribution in [-0.2, 0) is 6.54 Å². The van der Waals surface area contributed by atoms with Crippen molar-refractivity contribution in [2.45, 2.75) is 26.4 Å². The van der Waals surface area contributed by atoms with Gasteiger partial charge in [0.1, 0.15) is 23.5 Å². The fourth-order valence-corrected chi connectivity index (χ4v) is 3.55. The Hall–Kier alpha value is -4.61. The summed E-state index contributed by atoms with van der Waals surface area (Å²) >= 11 is 0. The van der Waals surface area contributed by atoms with E-state index in [2.05, 4.69) is 40.5 Å². The standard InChI is InChI=1S/C21H20N10O2/c1-12(2)25-16-6-18(31-4-3-13-7-22-11-24-20(13)31)23-8-15(16)17-10-30(29-28-17)9-14-5-19(32)27-21(33)26-14/h3-8,10-12H,9H2,1-2H3,(H,23,25)(H2,26,27,32,33). The summed E-state index contributed by atoms with van der Waals surface area (Å²) < 4.78 is 3.44. The van der Waals surface area contributed by atoms with Gasteiger partial charge >= 0.3 is 5.69 Å². The molecule has 0 aliphatic rings. The lowest BCUT2D eigenvalue weighted by atomic mass is 10.1. The normalized spacial score (nSPS) is 11.4. The Morgan fingerprint density at radius 1 is 1.12 bits per heavy atom. The summed E-state index contributed by atoms with van der Waals surface area (Å²) in [6, 6.07) is 5.35. The average Bonchev–Trinajstić information content (AvgIpc) is 3.39. The first-order chi connectivity index (χ1) is 16.0. The molecule has 33 heavy (non-hydrogen) atoms. The van der Waals surface area contributed by atoms with Crippen molar-refractivity contribution in [3.8, 4) is 17.1 Å². The number of aromatic nitrogens is 9. The second-order valence-electron chi connectivity index (χ2n) is 7.79. The van der Waals surface area contributed by atoms with Crippen molar-refractivity contribution in [2.24, 2.45) is 0 Å². The Labute approximate surface area is 186 Å². The van der Waals surface area contributed by atoms with E-state index >= 15 is 0 Å². The maximum atomic E-state index is 11.5. The number of pyridine rings is 1. The van der Waals surface area contributed by atoms with Gasteiger partial charge in [0.25, 0.3) is 5.56 Å². The molecule has 0 aliphatic carbocycles. The highest BCUT2D eigenvalue weighted by atomic mass is 16.2. The summed E-state index contributed by atoms with van der Waals surface area (Å²) in [4.78, 5) is 40.8. The zero-order valence-corrected chi connectivity index (χ0v) is 17.9. The van der Waals surface area contributed by atoms with E-state index in [4.69, 9.17) is 0 Å². The predicted molar refractivity (Wildman–Crippen MR) is 121 cm³/mol. The first-order valence-electron chi connectivity index (χ1n) is 10.2. The van der Waals surface area contributed by atoms with E-state index in [-0.39, 0.29) is 12.6 Å². The molecule has 5 heterocycles. The number of H-pyrrole nitrogens is 2. The molecule has 166 valence electrons. The van der Waals surface area contributed by atoms with Crippen molar-refractivity contribution in [3.63, 3.8) is 0 Å². The third-order valence-corrected chi connectivity index (χ3v) is 4.89. The maximum Gasteiger partial charge on any atom is 0.325 e. The molecule has 0 amide bonds. The Balaban J connectivity index is 1.51. The number of anilines is 1. The van der Waals surface area contributed by atoms with Gasteiger partial charge in [0, 0.05) is 59.1 Å². The molecule has 3 N–H and O–H groups in total. The Bertz CT molecular complexity index is 1530. The highest BCUT2D eigenvalue weighted by Crippen LogP contribution is 2.29. The zero-order valence-electron chi connectivity index (χ0n) is 17.9. The van der Waals surface area contributed by atoms with Gasteiger partial charge in [0.2, 0.25) is 0 Å². The molecule has 5 rings (SSSR count). The van der Waals surface area contributed by atoms with E-state index in [9.17, 15) is 9.59 Å². The van der Waals surface area contributed by atoms with Gasteiger partial charge in [-0.1, -0.05) is 5.21 Å². The molecule has 12 heteroatoms. The quantitative estimate of drug-likeness (QED) is 0.355. The molecular formula is C21H20N10O2. The molecule has 0 bridgehead atoms. The SMILES string of the molecule is CC(C)Nc1cc(-n2ccc3cncnc32)ncc1-c1cn(Cc2cc(=O)[nH]c(=O)[nH]2)nn1. The Morgan fingerprint density at radius 3 is 2.82 bits per heavy atom. The van der Waals surface area contributed by atoms with Gasteiger partial charge in [-0.05, 0) is 19.9 Å². The number of hydrogen-bond donors (Lipinski definition) is 3. The topological polar surface area (TPSA) is 152 Å². The van der Waals surface area contributed by atoms with Crippen LogP contribution < -0.4 is 16.6 Å². The molecular weight excluding hydrogens is 424 g/mol. The van der Waals surface area contributed by atoms with Crippen LogP contribution in [0.4, 0.5) is 5.69 Å². The van der Waals surface area contributed by atoms with Crippen LogP contribution in [-0.4, -0.2) is 50.5 Å². The largest absolute Gasteiger partial charge is 0.382 e. The highest BCUT2D eigenvalue weighted by molar-refractivity contribution is 5.79. The van der Waals surface area contributed by atoms with Gasteiger partial charge in [0.05, 0.1) is 12.7 Å². The number of rotatable bonds is 6. The molecule has 0 atom stereocenters. The fraction of sp³-hybridized carbons (Fsp3) is 0.190. The van der Waals surface area contributed by atoms with Crippen LogP contribution in [0.3, 0.4) is 0 Å². The lowest BCUT2D eigenvalue weighted by molar-refractivity contribution is 0.634. The van der Waals surface area contributed by atoms with Crippen LogP contribution in [0.15, 0.2) is 58.9 Å². The third-order valence-electron chi connectivity index (χ3n) is 4.89. The summed E-state index contributed by atoms with van der Waals surface area (Å²) in [6.07, 6.45) is 8.63. The number of aromatic amines is 2. The smallest absolute Gasteiger partial charge is 0.325 e. The van der Waals surface area contributed by atoms with Gasteiger partial charge in [-0.15, -0.1) is 5.10 Å². The van der Waals surface area contributed by atoms with Crippen molar-refractivity contribution in [1.29, 1.82) is 0 Å². The van der Waals surface area contributed by atoms with E-state index in [0.717, 1.165) is 22.3 Å². The summed E-state index contributed by atoms with van der Waals surface area (Å²) in [6.45, 7) is 4.28. The van der Waals surface area contributed by atoms with E-state index in [1.54, 1.807) is 23.3 Å². The molecule has 0 spiro atoms. The van der Waals surface area contributed by atoms with Crippen LogP contribution in [0.5, 0.6) is 0 Å². The van der Waals surface area contributed by atoms with Gasteiger partial charge in [-0.25, -0.2) is 24.4 Å². The zero-order chi connectivity index (χ0) is 22.9. The second-order valence-corrected chi connectivity index (χ2v) is 7.79. The number of hydrogen-bond acceptors (Lipinski definition) is 8. The first kappa shape index (κ1) is 20.3. The van der Waals surface area contributed by atoms with Crippen molar-refractivity contribution >= 4 is 16.7 Å². The Morgan fingerprint density at radius 2 is 2.00 bits per heavy atom. The number of nitrogens with zero attached hydrogens (tertiary/aromatic N) is 7.